The summed E-state index contributed by atoms with van der Waals surface area (Å²) >= 11 is 0. The molecule has 0 aliphatic carbocycles. The van der Waals surface area contributed by atoms with Crippen LogP contribution in [0.2, 0.25) is 0 Å². The fourth-order valence-electron chi connectivity index (χ4n) is 3.10. The molecule has 2 rings (SSSR count). The van der Waals surface area contributed by atoms with Gasteiger partial charge in [-0.05, 0) is 37.9 Å². The Balaban J connectivity index is 1.62. The molecular formula is C20H32N4O2. The highest BCUT2D eigenvalue weighted by Gasteiger charge is 2.19. The molecule has 0 saturated carbocycles. The molecule has 144 valence electrons. The maximum atomic E-state index is 12.2. The van der Waals surface area contributed by atoms with Crippen LogP contribution in [-0.2, 0) is 16.0 Å². The number of benzene rings is 1. The van der Waals surface area contributed by atoms with E-state index >= 15 is 0 Å². The lowest BCUT2D eigenvalue weighted by Crippen LogP contribution is -2.41. The smallest absolute Gasteiger partial charge is 0.236 e. The Morgan fingerprint density at radius 3 is 2.31 bits per heavy atom. The van der Waals surface area contributed by atoms with Crippen molar-refractivity contribution in [2.45, 2.75) is 19.3 Å². The van der Waals surface area contributed by atoms with Crippen LogP contribution in [0.5, 0.6) is 0 Å². The van der Waals surface area contributed by atoms with Gasteiger partial charge in [0, 0.05) is 33.7 Å². The normalized spacial score (nSPS) is 16.1. The molecule has 6 heteroatoms. The molecule has 1 heterocycles. The van der Waals surface area contributed by atoms with Gasteiger partial charge in [0.2, 0.25) is 11.8 Å². The topological polar surface area (TPSA) is 55.9 Å². The zero-order valence-corrected chi connectivity index (χ0v) is 16.1. The largest absolute Gasteiger partial charge is 0.355 e. The maximum Gasteiger partial charge on any atom is 0.236 e. The van der Waals surface area contributed by atoms with Gasteiger partial charge in [-0.15, -0.1) is 0 Å². The number of carbonyl (C=O) groups is 2. The molecule has 0 atom stereocenters. The van der Waals surface area contributed by atoms with Crippen molar-refractivity contribution in [3.05, 3.63) is 35.9 Å². The van der Waals surface area contributed by atoms with Crippen molar-refractivity contribution in [1.82, 2.24) is 20.0 Å². The van der Waals surface area contributed by atoms with Crippen LogP contribution in [0, 0.1) is 0 Å². The Labute approximate surface area is 157 Å². The zero-order chi connectivity index (χ0) is 18.8. The number of rotatable bonds is 8. The van der Waals surface area contributed by atoms with E-state index < -0.39 is 0 Å². The average Bonchev–Trinajstić information content (AvgIpc) is 2.85. The van der Waals surface area contributed by atoms with Crippen molar-refractivity contribution in [3.63, 3.8) is 0 Å². The lowest BCUT2D eigenvalue weighted by molar-refractivity contribution is -0.130. The summed E-state index contributed by atoms with van der Waals surface area (Å²) in [6, 6.07) is 10.3. The molecule has 1 N–H and O–H groups in total. The number of hydrogen-bond acceptors (Lipinski definition) is 4. The highest BCUT2D eigenvalue weighted by Crippen LogP contribution is 2.04. The predicted molar refractivity (Wildman–Crippen MR) is 104 cm³/mol. The highest BCUT2D eigenvalue weighted by atomic mass is 16.2. The third-order valence-electron chi connectivity index (χ3n) is 4.71. The van der Waals surface area contributed by atoms with E-state index in [0.29, 0.717) is 19.6 Å². The molecular weight excluding hydrogens is 328 g/mol. The van der Waals surface area contributed by atoms with Gasteiger partial charge < -0.3 is 10.2 Å². The van der Waals surface area contributed by atoms with E-state index in [1.807, 2.05) is 18.2 Å². The van der Waals surface area contributed by atoms with Crippen molar-refractivity contribution in [2.75, 3.05) is 59.9 Å². The van der Waals surface area contributed by atoms with Crippen LogP contribution < -0.4 is 5.32 Å². The van der Waals surface area contributed by atoms with Gasteiger partial charge in [-0.25, -0.2) is 0 Å². The van der Waals surface area contributed by atoms with Gasteiger partial charge in [-0.1, -0.05) is 30.3 Å². The molecule has 1 saturated heterocycles. The Kier molecular flexibility index (Phi) is 8.58. The van der Waals surface area contributed by atoms with Crippen LogP contribution in [0.4, 0.5) is 0 Å². The number of nitrogens with zero attached hydrogens (tertiary/aromatic N) is 3. The minimum absolute atomic E-state index is 0.0934. The standard InChI is InChI=1S/C20H32N4O2/c1-22(2)20(26)17-24-13-7-12-23(14-15-24)16-19(25)21-11-6-10-18-8-4-3-5-9-18/h3-5,8-9H,6-7,10-17H2,1-2H3,(H,21,25). The number of aryl methyl sites for hydroxylation is 1. The van der Waals surface area contributed by atoms with E-state index in [1.165, 1.54) is 5.56 Å². The lowest BCUT2D eigenvalue weighted by Gasteiger charge is -2.22. The van der Waals surface area contributed by atoms with Gasteiger partial charge in [-0.2, -0.15) is 0 Å². The first kappa shape index (κ1) is 20.4. The first-order valence-corrected chi connectivity index (χ1v) is 9.50. The number of nitrogens with one attached hydrogen (secondary N) is 1. The molecule has 1 fully saturated rings. The van der Waals surface area contributed by atoms with Gasteiger partial charge in [0.05, 0.1) is 13.1 Å². The average molecular weight is 361 g/mol. The third kappa shape index (κ3) is 7.54. The first-order chi connectivity index (χ1) is 12.5. The van der Waals surface area contributed by atoms with E-state index in [2.05, 4.69) is 27.2 Å². The first-order valence-electron chi connectivity index (χ1n) is 9.50. The molecule has 6 nitrogen and oxygen atoms in total. The summed E-state index contributed by atoms with van der Waals surface area (Å²) in [5.41, 5.74) is 1.31. The number of hydrogen-bond donors (Lipinski definition) is 1. The summed E-state index contributed by atoms with van der Waals surface area (Å²) in [4.78, 5) is 30.0. The van der Waals surface area contributed by atoms with Gasteiger partial charge in [0.15, 0.2) is 0 Å². The minimum atomic E-state index is 0.0934. The third-order valence-corrected chi connectivity index (χ3v) is 4.71. The van der Waals surface area contributed by atoms with Crippen LogP contribution >= 0.6 is 0 Å². The van der Waals surface area contributed by atoms with Crippen molar-refractivity contribution < 1.29 is 9.59 Å². The van der Waals surface area contributed by atoms with Crippen LogP contribution in [-0.4, -0.2) is 86.4 Å². The summed E-state index contributed by atoms with van der Waals surface area (Å²) in [7, 11) is 3.57. The highest BCUT2D eigenvalue weighted by molar-refractivity contribution is 5.78. The SMILES string of the molecule is CN(C)C(=O)CN1CCCN(CC(=O)NCCCc2ccccc2)CC1. The molecule has 0 bridgehead atoms. The molecule has 1 aliphatic heterocycles. The Morgan fingerprint density at radius 2 is 1.65 bits per heavy atom. The summed E-state index contributed by atoms with van der Waals surface area (Å²) < 4.78 is 0. The summed E-state index contributed by atoms with van der Waals surface area (Å²) in [5.74, 6) is 0.227. The van der Waals surface area contributed by atoms with Crippen molar-refractivity contribution in [3.8, 4) is 0 Å². The minimum Gasteiger partial charge on any atom is -0.355 e. The van der Waals surface area contributed by atoms with Gasteiger partial charge >= 0.3 is 0 Å². The summed E-state index contributed by atoms with van der Waals surface area (Å²) in [6.07, 6.45) is 2.93. The maximum absolute atomic E-state index is 12.2. The van der Waals surface area contributed by atoms with Crippen LogP contribution in [0.3, 0.4) is 0 Å². The lowest BCUT2D eigenvalue weighted by atomic mass is 10.1. The quantitative estimate of drug-likeness (QED) is 0.698. The molecule has 0 spiro atoms. The second-order valence-corrected chi connectivity index (χ2v) is 7.13. The summed E-state index contributed by atoms with van der Waals surface area (Å²) in [6.45, 7) is 5.11. The molecule has 2 amide bonds. The van der Waals surface area contributed by atoms with E-state index in [9.17, 15) is 9.59 Å². The van der Waals surface area contributed by atoms with Gasteiger partial charge in [0.25, 0.3) is 0 Å². The van der Waals surface area contributed by atoms with Crippen molar-refractivity contribution >= 4 is 11.8 Å². The van der Waals surface area contributed by atoms with E-state index in [0.717, 1.165) is 45.4 Å². The van der Waals surface area contributed by atoms with E-state index in [-0.39, 0.29) is 11.8 Å². The molecule has 1 aromatic carbocycles. The Bertz CT molecular complexity index is 562. The van der Waals surface area contributed by atoms with Crippen molar-refractivity contribution in [2.24, 2.45) is 0 Å². The number of carbonyl (C=O) groups excluding carboxylic acids is 2. The molecule has 0 unspecified atom stereocenters. The van der Waals surface area contributed by atoms with E-state index in [4.69, 9.17) is 0 Å². The Hall–Kier alpha value is -1.92. The molecule has 1 aromatic rings. The van der Waals surface area contributed by atoms with Gasteiger partial charge in [-0.3, -0.25) is 19.4 Å². The fourth-order valence-corrected chi connectivity index (χ4v) is 3.10. The number of likely N-dealkylation sites (N-methyl/N-ethyl adjacent to an activating group) is 1. The molecule has 1 aliphatic rings. The second-order valence-electron chi connectivity index (χ2n) is 7.13. The fraction of sp³-hybridized carbons (Fsp3) is 0.600. The number of amides is 2. The van der Waals surface area contributed by atoms with E-state index in [1.54, 1.807) is 19.0 Å². The second kappa shape index (κ2) is 10.9. The molecule has 0 aromatic heterocycles. The van der Waals surface area contributed by atoms with Crippen LogP contribution in [0.25, 0.3) is 0 Å². The Morgan fingerprint density at radius 1 is 1.00 bits per heavy atom. The van der Waals surface area contributed by atoms with Crippen molar-refractivity contribution in [1.29, 1.82) is 0 Å². The predicted octanol–water partition coefficient (Wildman–Crippen LogP) is 0.831. The molecule has 26 heavy (non-hydrogen) atoms. The molecule has 0 radical (unpaired) electrons. The monoisotopic (exact) mass is 360 g/mol. The van der Waals surface area contributed by atoms with Crippen LogP contribution in [0.1, 0.15) is 18.4 Å². The zero-order valence-electron chi connectivity index (χ0n) is 16.1. The summed E-state index contributed by atoms with van der Waals surface area (Å²) in [5, 5.41) is 3.02. The van der Waals surface area contributed by atoms with Crippen LogP contribution in [0.15, 0.2) is 30.3 Å². The van der Waals surface area contributed by atoms with Gasteiger partial charge in [0.1, 0.15) is 0 Å².